The van der Waals surface area contributed by atoms with Crippen LogP contribution in [0.4, 0.5) is 4.39 Å². The van der Waals surface area contributed by atoms with Gasteiger partial charge in [0.1, 0.15) is 28.8 Å². The van der Waals surface area contributed by atoms with Crippen LogP contribution >= 0.6 is 0 Å². The number of aromatic amines is 1. The number of imidazole rings is 1. The van der Waals surface area contributed by atoms with Crippen LogP contribution in [0.1, 0.15) is 35.2 Å². The Bertz CT molecular complexity index is 2330. The minimum Gasteiger partial charge on any atom is -0.507 e. The van der Waals surface area contributed by atoms with Crippen molar-refractivity contribution < 1.29 is 19.0 Å². The summed E-state index contributed by atoms with van der Waals surface area (Å²) in [5, 5.41) is 12.2. The molecule has 2 aliphatic rings. The number of halogens is 1. The molecule has 2 aromatic carbocycles. The molecular formula is C36H36FN7O4. The fraction of sp³-hybridized carbons (Fsp3) is 0.333. The Kier molecular flexibility index (Phi) is 7.02. The van der Waals surface area contributed by atoms with Crippen LogP contribution in [-0.2, 0) is 13.6 Å². The lowest BCUT2D eigenvalue weighted by molar-refractivity contribution is 0.0606. The fourth-order valence-electron chi connectivity index (χ4n) is 6.99. The molecule has 0 radical (unpaired) electrons. The molecule has 12 heteroatoms. The van der Waals surface area contributed by atoms with Crippen molar-refractivity contribution in [2.45, 2.75) is 44.9 Å². The first-order chi connectivity index (χ1) is 23.1. The van der Waals surface area contributed by atoms with E-state index in [1.807, 2.05) is 35.9 Å². The molecular weight excluding hydrogens is 613 g/mol. The number of nitrogens with one attached hydrogen (secondary N) is 1. The quantitative estimate of drug-likeness (QED) is 0.229. The maximum Gasteiger partial charge on any atom is 0.255 e. The summed E-state index contributed by atoms with van der Waals surface area (Å²) in [5.74, 6) is 1.39. The molecule has 4 aromatic heterocycles. The zero-order chi connectivity index (χ0) is 33.4. The van der Waals surface area contributed by atoms with Gasteiger partial charge < -0.3 is 34.6 Å². The fourth-order valence-corrected chi connectivity index (χ4v) is 6.99. The molecule has 4 N–H and O–H groups in total. The maximum atomic E-state index is 14.3. The molecule has 11 nitrogen and oxygen atoms in total. The Morgan fingerprint density at radius 3 is 2.69 bits per heavy atom. The predicted molar refractivity (Wildman–Crippen MR) is 182 cm³/mol. The number of hydrogen-bond acceptors (Lipinski definition) is 7. The molecule has 2 fully saturated rings. The predicted octanol–water partition coefficient (Wildman–Crippen LogP) is 5.04. The molecule has 5 heterocycles. The average Bonchev–Trinajstić information content (AvgIpc) is 3.75. The number of likely N-dealkylation sites (tertiary alicyclic amines) is 1. The first-order valence-electron chi connectivity index (χ1n) is 16.2. The lowest BCUT2D eigenvalue weighted by Gasteiger charge is -2.33. The number of pyridine rings is 2. The molecule has 1 amide bonds. The molecule has 2 atom stereocenters. The number of rotatable bonds is 6. The average molecular weight is 650 g/mol. The van der Waals surface area contributed by atoms with E-state index in [9.17, 15) is 19.1 Å². The van der Waals surface area contributed by atoms with E-state index in [1.54, 1.807) is 32.2 Å². The first kappa shape index (κ1) is 30.1. The van der Waals surface area contributed by atoms with Crippen molar-refractivity contribution in [3.8, 4) is 34.3 Å². The number of piperidine rings is 1. The summed E-state index contributed by atoms with van der Waals surface area (Å²) in [6.07, 6.45) is 1.37. The van der Waals surface area contributed by atoms with Gasteiger partial charge >= 0.3 is 0 Å². The standard InChI is InChI=1S/C36H36FN7O4/c1-18-32(45)25-10-20(6-9-27(25)41-35(18)46)26-8-7-21-12-29(44(33(21)39-26)15-19-4-5-19)34-40-28-11-22(13-30(48-3)31(28)42(34)2)36(47)43-16-23(37)14-24(38)17-43/h6-13,19,23-24H,4-5,14-17,38H2,1-3H3,(H2,41,45,46)/t23-,24-/m1/s1. The summed E-state index contributed by atoms with van der Waals surface area (Å²) in [6, 6.07) is 14.6. The van der Waals surface area contributed by atoms with Crippen molar-refractivity contribution in [2.24, 2.45) is 18.7 Å². The number of nitrogens with zero attached hydrogens (tertiary/aromatic N) is 5. The van der Waals surface area contributed by atoms with Crippen molar-refractivity contribution in [1.29, 1.82) is 0 Å². The van der Waals surface area contributed by atoms with Crippen LogP contribution in [0.15, 0.2) is 53.3 Å². The molecule has 6 aromatic rings. The normalized spacial score (nSPS) is 18.3. The van der Waals surface area contributed by atoms with Gasteiger partial charge in [-0.2, -0.15) is 0 Å². The Morgan fingerprint density at radius 2 is 1.94 bits per heavy atom. The number of hydrogen-bond donors (Lipinski definition) is 3. The number of ether oxygens (including phenoxy) is 1. The third-order valence-corrected chi connectivity index (χ3v) is 9.75. The highest BCUT2D eigenvalue weighted by Gasteiger charge is 2.31. The Labute approximate surface area is 274 Å². The third-order valence-electron chi connectivity index (χ3n) is 9.75. The van der Waals surface area contributed by atoms with E-state index in [0.29, 0.717) is 46.0 Å². The number of fused-ring (bicyclic) bond motifs is 3. The Morgan fingerprint density at radius 1 is 1.12 bits per heavy atom. The third kappa shape index (κ3) is 4.98. The van der Waals surface area contributed by atoms with Crippen LogP contribution in [0, 0.1) is 12.8 Å². The highest BCUT2D eigenvalue weighted by molar-refractivity contribution is 6.00. The topological polar surface area (TPSA) is 144 Å². The lowest BCUT2D eigenvalue weighted by Crippen LogP contribution is -2.50. The molecule has 0 unspecified atom stereocenters. The Hall–Kier alpha value is -5.23. The summed E-state index contributed by atoms with van der Waals surface area (Å²) in [7, 11) is 3.49. The van der Waals surface area contributed by atoms with Crippen molar-refractivity contribution in [3.63, 3.8) is 0 Å². The molecule has 8 rings (SSSR count). The molecule has 1 aliphatic heterocycles. The highest BCUT2D eigenvalue weighted by atomic mass is 19.1. The van der Waals surface area contributed by atoms with E-state index in [0.717, 1.165) is 52.9 Å². The van der Waals surface area contributed by atoms with E-state index < -0.39 is 12.2 Å². The number of nitrogens with two attached hydrogens (primary N) is 1. The molecule has 1 saturated heterocycles. The Balaban J connectivity index is 1.24. The number of alkyl halides is 1. The van der Waals surface area contributed by atoms with Gasteiger partial charge in [-0.25, -0.2) is 14.4 Å². The van der Waals surface area contributed by atoms with Gasteiger partial charge in [-0.1, -0.05) is 6.07 Å². The number of benzene rings is 2. The summed E-state index contributed by atoms with van der Waals surface area (Å²) in [6.45, 7) is 2.67. The molecule has 48 heavy (non-hydrogen) atoms. The summed E-state index contributed by atoms with van der Waals surface area (Å²) in [5.41, 5.74) is 11.5. The van der Waals surface area contributed by atoms with Gasteiger partial charge in [0.15, 0.2) is 5.82 Å². The van der Waals surface area contributed by atoms with E-state index >= 15 is 0 Å². The van der Waals surface area contributed by atoms with Crippen LogP contribution in [0.3, 0.4) is 0 Å². The SMILES string of the molecule is COc1cc(C(=O)N2C[C@H](N)C[C@@H](F)C2)cc2nc(-c3cc4ccc(-c5ccc6[nH]c(=O)c(C)c(O)c6c5)nc4n3CC3CC3)n(C)c12. The number of H-pyrrole nitrogens is 1. The second-order valence-corrected chi connectivity index (χ2v) is 13.2. The zero-order valence-corrected chi connectivity index (χ0v) is 27.0. The number of aromatic nitrogens is 5. The summed E-state index contributed by atoms with van der Waals surface area (Å²) in [4.78, 5) is 40.1. The van der Waals surface area contributed by atoms with Gasteiger partial charge in [-0.05, 0) is 74.6 Å². The summed E-state index contributed by atoms with van der Waals surface area (Å²) >= 11 is 0. The second-order valence-electron chi connectivity index (χ2n) is 13.2. The molecule has 1 saturated carbocycles. The number of methoxy groups -OCH3 is 1. The van der Waals surface area contributed by atoms with Crippen LogP contribution in [0.25, 0.3) is 55.7 Å². The van der Waals surface area contributed by atoms with Crippen LogP contribution in [0.5, 0.6) is 11.5 Å². The highest BCUT2D eigenvalue weighted by Crippen LogP contribution is 2.38. The van der Waals surface area contributed by atoms with Gasteiger partial charge in [0, 0.05) is 48.1 Å². The van der Waals surface area contributed by atoms with E-state index in [1.165, 1.54) is 4.90 Å². The first-order valence-corrected chi connectivity index (χ1v) is 16.2. The lowest BCUT2D eigenvalue weighted by atomic mass is 10.0. The molecule has 1 aliphatic carbocycles. The van der Waals surface area contributed by atoms with Crippen LogP contribution in [0.2, 0.25) is 0 Å². The van der Waals surface area contributed by atoms with Crippen molar-refractivity contribution >= 4 is 38.9 Å². The van der Waals surface area contributed by atoms with E-state index in [2.05, 4.69) is 15.6 Å². The van der Waals surface area contributed by atoms with Gasteiger partial charge in [-0.15, -0.1) is 0 Å². The zero-order valence-electron chi connectivity index (χ0n) is 27.0. The number of aromatic hydroxyl groups is 1. The number of amides is 1. The smallest absolute Gasteiger partial charge is 0.255 e. The number of carbonyl (C=O) groups excluding carboxylic acids is 1. The minimum absolute atomic E-state index is 0.0101. The van der Waals surface area contributed by atoms with Crippen molar-refractivity contribution in [1.82, 2.24) is 29.0 Å². The minimum atomic E-state index is -1.16. The monoisotopic (exact) mass is 649 g/mol. The summed E-state index contributed by atoms with van der Waals surface area (Å²) < 4.78 is 24.3. The van der Waals surface area contributed by atoms with Gasteiger partial charge in [0.25, 0.3) is 11.5 Å². The molecule has 246 valence electrons. The van der Waals surface area contributed by atoms with Crippen LogP contribution < -0.4 is 16.0 Å². The van der Waals surface area contributed by atoms with Crippen molar-refractivity contribution in [3.05, 3.63) is 70.0 Å². The second kappa shape index (κ2) is 11.2. The van der Waals surface area contributed by atoms with Gasteiger partial charge in [-0.3, -0.25) is 9.59 Å². The van der Waals surface area contributed by atoms with Gasteiger partial charge in [0.2, 0.25) is 0 Å². The maximum absolute atomic E-state index is 14.3. The number of carbonyl (C=O) groups is 1. The van der Waals surface area contributed by atoms with E-state index in [4.69, 9.17) is 20.4 Å². The largest absolute Gasteiger partial charge is 0.507 e. The van der Waals surface area contributed by atoms with Crippen LogP contribution in [-0.4, -0.2) is 72.4 Å². The molecule has 0 bridgehead atoms. The molecule has 0 spiro atoms. The van der Waals surface area contributed by atoms with Crippen molar-refractivity contribution in [2.75, 3.05) is 20.2 Å². The number of aryl methyl sites for hydroxylation is 1. The van der Waals surface area contributed by atoms with E-state index in [-0.39, 0.29) is 35.7 Å². The van der Waals surface area contributed by atoms with Gasteiger partial charge in [0.05, 0.1) is 41.6 Å².